The van der Waals surface area contributed by atoms with E-state index in [0.717, 1.165) is 34.7 Å². The standard InChI is InChI=1S/C12H13N3O2/c1-2-8-11(14-15-12(8)13)7-3-4-9-10(5-7)17-6-16-9/h3-5H,2,6H2,1H3,(H3,13,14,15). The Bertz CT molecular complexity index is 563. The van der Waals surface area contributed by atoms with Crippen LogP contribution in [0.25, 0.3) is 11.3 Å². The van der Waals surface area contributed by atoms with Crippen molar-refractivity contribution in [1.29, 1.82) is 0 Å². The Kier molecular flexibility index (Phi) is 2.18. The molecule has 0 spiro atoms. The zero-order valence-corrected chi connectivity index (χ0v) is 9.49. The van der Waals surface area contributed by atoms with Gasteiger partial charge in [-0.05, 0) is 24.6 Å². The number of ether oxygens (including phenoxy) is 2. The van der Waals surface area contributed by atoms with Gasteiger partial charge in [0.15, 0.2) is 11.5 Å². The van der Waals surface area contributed by atoms with Gasteiger partial charge in [0.05, 0.1) is 5.69 Å². The van der Waals surface area contributed by atoms with Crippen molar-refractivity contribution in [2.24, 2.45) is 0 Å². The first kappa shape index (κ1) is 10.0. The van der Waals surface area contributed by atoms with Gasteiger partial charge in [0.25, 0.3) is 0 Å². The summed E-state index contributed by atoms with van der Waals surface area (Å²) >= 11 is 0. The molecule has 0 atom stereocenters. The molecule has 3 N–H and O–H groups in total. The molecule has 0 saturated carbocycles. The lowest BCUT2D eigenvalue weighted by Gasteiger charge is -2.03. The Morgan fingerprint density at radius 2 is 2.18 bits per heavy atom. The Morgan fingerprint density at radius 1 is 1.35 bits per heavy atom. The number of aromatic amines is 1. The first-order valence-corrected chi connectivity index (χ1v) is 5.52. The number of benzene rings is 1. The van der Waals surface area contributed by atoms with Crippen LogP contribution in [-0.4, -0.2) is 17.0 Å². The van der Waals surface area contributed by atoms with Gasteiger partial charge in [0, 0.05) is 11.1 Å². The minimum atomic E-state index is 0.282. The van der Waals surface area contributed by atoms with Crippen molar-refractivity contribution in [2.75, 3.05) is 12.5 Å². The number of fused-ring (bicyclic) bond motifs is 1. The molecule has 0 fully saturated rings. The van der Waals surface area contributed by atoms with E-state index in [1.54, 1.807) is 0 Å². The molecular formula is C12H13N3O2. The maximum Gasteiger partial charge on any atom is 0.231 e. The maximum absolute atomic E-state index is 5.80. The first-order chi connectivity index (χ1) is 8.29. The number of aromatic nitrogens is 2. The number of hydrogen-bond acceptors (Lipinski definition) is 4. The van der Waals surface area contributed by atoms with Crippen LogP contribution >= 0.6 is 0 Å². The minimum Gasteiger partial charge on any atom is -0.454 e. The van der Waals surface area contributed by atoms with Crippen molar-refractivity contribution in [2.45, 2.75) is 13.3 Å². The van der Waals surface area contributed by atoms with Gasteiger partial charge in [-0.15, -0.1) is 0 Å². The summed E-state index contributed by atoms with van der Waals surface area (Å²) in [5.74, 6) is 2.09. The van der Waals surface area contributed by atoms with E-state index >= 15 is 0 Å². The van der Waals surface area contributed by atoms with E-state index in [9.17, 15) is 0 Å². The highest BCUT2D eigenvalue weighted by atomic mass is 16.7. The van der Waals surface area contributed by atoms with E-state index in [1.165, 1.54) is 0 Å². The van der Waals surface area contributed by atoms with Crippen molar-refractivity contribution in [3.63, 3.8) is 0 Å². The highest BCUT2D eigenvalue weighted by molar-refractivity contribution is 5.70. The Morgan fingerprint density at radius 3 is 3.00 bits per heavy atom. The normalized spacial score (nSPS) is 13.0. The molecule has 1 aliphatic heterocycles. The molecule has 0 radical (unpaired) electrons. The van der Waals surface area contributed by atoms with E-state index < -0.39 is 0 Å². The number of nitrogens with two attached hydrogens (primary N) is 1. The van der Waals surface area contributed by atoms with Gasteiger partial charge in [-0.2, -0.15) is 5.10 Å². The molecule has 3 rings (SSSR count). The molecule has 0 amide bonds. The highest BCUT2D eigenvalue weighted by Crippen LogP contribution is 2.36. The van der Waals surface area contributed by atoms with E-state index in [4.69, 9.17) is 15.2 Å². The molecule has 0 unspecified atom stereocenters. The highest BCUT2D eigenvalue weighted by Gasteiger charge is 2.16. The van der Waals surface area contributed by atoms with E-state index in [0.29, 0.717) is 5.82 Å². The van der Waals surface area contributed by atoms with Crippen LogP contribution in [0.5, 0.6) is 11.5 Å². The Hall–Kier alpha value is -2.17. The topological polar surface area (TPSA) is 73.2 Å². The fraction of sp³-hybridized carbons (Fsp3) is 0.250. The van der Waals surface area contributed by atoms with E-state index in [-0.39, 0.29) is 6.79 Å². The smallest absolute Gasteiger partial charge is 0.231 e. The van der Waals surface area contributed by atoms with Crippen LogP contribution in [0, 0.1) is 0 Å². The van der Waals surface area contributed by atoms with Crippen LogP contribution in [0.4, 0.5) is 5.82 Å². The van der Waals surface area contributed by atoms with Crippen LogP contribution in [0.15, 0.2) is 18.2 Å². The molecule has 0 bridgehead atoms. The average Bonchev–Trinajstić information content (AvgIpc) is 2.93. The van der Waals surface area contributed by atoms with Crippen molar-refractivity contribution < 1.29 is 9.47 Å². The number of nitrogen functional groups attached to an aromatic ring is 1. The average molecular weight is 231 g/mol. The molecule has 0 saturated heterocycles. The van der Waals surface area contributed by atoms with Crippen LogP contribution < -0.4 is 15.2 Å². The number of rotatable bonds is 2. The summed E-state index contributed by atoms with van der Waals surface area (Å²) in [7, 11) is 0. The molecule has 1 aromatic carbocycles. The third-order valence-electron chi connectivity index (χ3n) is 2.91. The molecule has 5 nitrogen and oxygen atoms in total. The monoisotopic (exact) mass is 231 g/mol. The van der Waals surface area contributed by atoms with Gasteiger partial charge in [-0.1, -0.05) is 6.92 Å². The molecule has 1 aliphatic rings. The SMILES string of the molecule is CCc1c(N)n[nH]c1-c1ccc2c(c1)OCO2. The maximum atomic E-state index is 5.80. The quantitative estimate of drug-likeness (QED) is 0.828. The summed E-state index contributed by atoms with van der Waals surface area (Å²) in [6.45, 7) is 2.34. The summed E-state index contributed by atoms with van der Waals surface area (Å²) in [6, 6.07) is 5.81. The predicted molar refractivity (Wildman–Crippen MR) is 63.9 cm³/mol. The number of nitrogens with zero attached hydrogens (tertiary/aromatic N) is 1. The van der Waals surface area contributed by atoms with Gasteiger partial charge in [0.1, 0.15) is 5.82 Å². The zero-order valence-electron chi connectivity index (χ0n) is 9.49. The number of hydrogen-bond donors (Lipinski definition) is 2. The molecule has 1 aromatic heterocycles. The fourth-order valence-electron chi connectivity index (χ4n) is 2.03. The molecule has 2 aromatic rings. The number of H-pyrrole nitrogens is 1. The zero-order chi connectivity index (χ0) is 11.8. The second-order valence-corrected chi connectivity index (χ2v) is 3.88. The lowest BCUT2D eigenvalue weighted by molar-refractivity contribution is 0.174. The third kappa shape index (κ3) is 1.51. The summed E-state index contributed by atoms with van der Waals surface area (Å²) in [4.78, 5) is 0. The van der Waals surface area contributed by atoms with Gasteiger partial charge in [-0.3, -0.25) is 5.10 Å². The van der Waals surface area contributed by atoms with Crippen LogP contribution in [-0.2, 0) is 6.42 Å². The molecule has 5 heteroatoms. The summed E-state index contributed by atoms with van der Waals surface area (Å²) in [6.07, 6.45) is 0.839. The van der Waals surface area contributed by atoms with E-state index in [2.05, 4.69) is 17.1 Å². The Balaban J connectivity index is 2.09. The fourth-order valence-corrected chi connectivity index (χ4v) is 2.03. The summed E-state index contributed by atoms with van der Waals surface area (Å²) in [5.41, 5.74) is 8.79. The second-order valence-electron chi connectivity index (χ2n) is 3.88. The predicted octanol–water partition coefficient (Wildman–Crippen LogP) is 1.95. The van der Waals surface area contributed by atoms with Gasteiger partial charge < -0.3 is 15.2 Å². The lowest BCUT2D eigenvalue weighted by Crippen LogP contribution is -1.93. The Labute approximate surface area is 98.5 Å². The largest absolute Gasteiger partial charge is 0.454 e. The third-order valence-corrected chi connectivity index (χ3v) is 2.91. The van der Waals surface area contributed by atoms with Crippen LogP contribution in [0.3, 0.4) is 0 Å². The second kappa shape index (κ2) is 3.69. The lowest BCUT2D eigenvalue weighted by atomic mass is 10.1. The molecule has 0 aliphatic carbocycles. The van der Waals surface area contributed by atoms with Crippen LogP contribution in [0.2, 0.25) is 0 Å². The van der Waals surface area contributed by atoms with Gasteiger partial charge in [-0.25, -0.2) is 0 Å². The van der Waals surface area contributed by atoms with Gasteiger partial charge >= 0.3 is 0 Å². The number of nitrogens with one attached hydrogen (secondary N) is 1. The van der Waals surface area contributed by atoms with Crippen molar-refractivity contribution in [1.82, 2.24) is 10.2 Å². The molecule has 17 heavy (non-hydrogen) atoms. The van der Waals surface area contributed by atoms with Crippen LogP contribution in [0.1, 0.15) is 12.5 Å². The first-order valence-electron chi connectivity index (χ1n) is 5.52. The van der Waals surface area contributed by atoms with E-state index in [1.807, 2.05) is 18.2 Å². The van der Waals surface area contributed by atoms with Crippen molar-refractivity contribution in [3.8, 4) is 22.8 Å². The molecular weight excluding hydrogens is 218 g/mol. The molecule has 2 heterocycles. The molecule has 88 valence electrons. The summed E-state index contributed by atoms with van der Waals surface area (Å²) in [5, 5.41) is 7.00. The van der Waals surface area contributed by atoms with Crippen molar-refractivity contribution >= 4 is 5.82 Å². The van der Waals surface area contributed by atoms with Crippen molar-refractivity contribution in [3.05, 3.63) is 23.8 Å². The minimum absolute atomic E-state index is 0.282. The number of anilines is 1. The summed E-state index contributed by atoms with van der Waals surface area (Å²) < 4.78 is 10.6. The van der Waals surface area contributed by atoms with Gasteiger partial charge in [0.2, 0.25) is 6.79 Å².